The molecule has 1 amide bonds. The third-order valence-corrected chi connectivity index (χ3v) is 0.905. The largest absolute Gasteiger partial charge is 0.543 e. The van der Waals surface area contributed by atoms with Crippen molar-refractivity contribution in [2.24, 2.45) is 4.99 Å². The molecule has 1 radical (unpaired) electrons. The highest BCUT2D eigenvalue weighted by atomic mass is 32.1. The Morgan fingerprint density at radius 3 is 2.20 bits per heavy atom. The number of nitrogens with zero attached hydrogens (tertiary/aromatic N) is 1. The molecule has 0 rings (SSSR count). The molecule has 4 nitrogen and oxygen atoms in total. The van der Waals surface area contributed by atoms with E-state index >= 15 is 0 Å². The first-order valence-corrected chi connectivity index (χ1v) is 2.88. The first-order valence-electron chi connectivity index (χ1n) is 2.31. The summed E-state index contributed by atoms with van der Waals surface area (Å²) in [5.41, 5.74) is -0.449. The van der Waals surface area contributed by atoms with Gasteiger partial charge in [0.2, 0.25) is 0 Å². The highest BCUT2D eigenvalue weighted by molar-refractivity contribution is 7.81. The van der Waals surface area contributed by atoms with Gasteiger partial charge in [-0.15, -0.1) is 0 Å². The summed E-state index contributed by atoms with van der Waals surface area (Å²) in [7, 11) is 0. The molecule has 5 heteroatoms. The lowest BCUT2D eigenvalue weighted by atomic mass is 10.4. The zero-order valence-electron chi connectivity index (χ0n) is 4.99. The summed E-state index contributed by atoms with van der Waals surface area (Å²) in [5, 5.41) is 9.98. The quantitative estimate of drug-likeness (QED) is 0.372. The van der Waals surface area contributed by atoms with Crippen molar-refractivity contribution in [2.75, 3.05) is 5.75 Å². The van der Waals surface area contributed by atoms with Gasteiger partial charge in [-0.3, -0.25) is 0 Å². The van der Waals surface area contributed by atoms with E-state index < -0.39 is 17.6 Å². The maximum Gasteiger partial charge on any atom is 0.425 e. The number of amides is 1. The molecular formula is C5H4NO3S. The second-order valence-corrected chi connectivity index (χ2v) is 1.67. The lowest BCUT2D eigenvalue weighted by Gasteiger charge is -1.98. The molecule has 0 spiro atoms. The van der Waals surface area contributed by atoms with E-state index in [1.54, 1.807) is 0 Å². The summed E-state index contributed by atoms with van der Waals surface area (Å²) < 4.78 is 0. The van der Waals surface area contributed by atoms with Crippen molar-refractivity contribution in [3.8, 4) is 0 Å². The predicted molar refractivity (Wildman–Crippen MR) is 35.3 cm³/mol. The van der Waals surface area contributed by atoms with Crippen LogP contribution in [0.5, 0.6) is 0 Å². The van der Waals surface area contributed by atoms with Crippen molar-refractivity contribution in [1.29, 1.82) is 0 Å². The lowest BCUT2D eigenvalue weighted by Crippen LogP contribution is -2.33. The SMILES string of the molecule is [CH2+]C(=O)N=C(C[S])C(=O)[O-]. The fourth-order valence-corrected chi connectivity index (χ4v) is 0.470. The Labute approximate surface area is 63.4 Å². The predicted octanol–water partition coefficient (Wildman–Crippen LogP) is -1.26. The molecule has 0 aliphatic rings. The van der Waals surface area contributed by atoms with Crippen LogP contribution in [0.1, 0.15) is 0 Å². The van der Waals surface area contributed by atoms with Crippen molar-refractivity contribution in [2.45, 2.75) is 0 Å². The molecule has 53 valence electrons. The van der Waals surface area contributed by atoms with Gasteiger partial charge in [-0.25, -0.2) is 4.79 Å². The highest BCUT2D eigenvalue weighted by Gasteiger charge is 2.02. The van der Waals surface area contributed by atoms with Crippen molar-refractivity contribution in [3.05, 3.63) is 6.92 Å². The van der Waals surface area contributed by atoms with E-state index in [1.807, 2.05) is 0 Å². The molecule has 0 unspecified atom stereocenters. The molecule has 0 N–H and O–H groups in total. The first-order chi connectivity index (χ1) is 4.57. The average molecular weight is 158 g/mol. The van der Waals surface area contributed by atoms with Crippen LogP contribution in [-0.2, 0) is 9.59 Å². The van der Waals surface area contributed by atoms with Gasteiger partial charge in [0.15, 0.2) is 6.92 Å². The number of aliphatic carboxylic acids is 1. The molecule has 0 aliphatic heterocycles. The third kappa shape index (κ3) is 3.13. The first kappa shape index (κ1) is 9.03. The number of carbonyl (C=O) groups excluding carboxylic acids is 2. The normalized spacial score (nSPS) is 11.1. The maximum atomic E-state index is 10.1. The minimum atomic E-state index is -1.52. The summed E-state index contributed by atoms with van der Waals surface area (Å²) >= 11 is 4.34. The Hall–Kier alpha value is -0.970. The van der Waals surface area contributed by atoms with Crippen LogP contribution in [0.3, 0.4) is 0 Å². The van der Waals surface area contributed by atoms with E-state index in [4.69, 9.17) is 0 Å². The van der Waals surface area contributed by atoms with E-state index in [9.17, 15) is 14.7 Å². The fraction of sp³-hybridized carbons (Fsp3) is 0.200. The molecule has 0 fully saturated rings. The number of rotatable bonds is 2. The van der Waals surface area contributed by atoms with Crippen LogP contribution in [0.2, 0.25) is 0 Å². The number of hydrogen-bond donors (Lipinski definition) is 0. The van der Waals surface area contributed by atoms with Crippen LogP contribution < -0.4 is 5.11 Å². The van der Waals surface area contributed by atoms with Gasteiger partial charge in [-0.05, 0) is 0 Å². The van der Waals surface area contributed by atoms with Gasteiger partial charge >= 0.3 is 5.91 Å². The second-order valence-electron chi connectivity index (χ2n) is 1.38. The lowest BCUT2D eigenvalue weighted by molar-refractivity contribution is -0.294. The van der Waals surface area contributed by atoms with Gasteiger partial charge in [0, 0.05) is 5.75 Å². The number of aliphatic imine (C=N–C) groups is 1. The van der Waals surface area contributed by atoms with Gasteiger partial charge < -0.3 is 9.90 Å². The van der Waals surface area contributed by atoms with Crippen molar-refractivity contribution < 1.29 is 14.7 Å². The van der Waals surface area contributed by atoms with Crippen LogP contribution >= 0.6 is 12.6 Å². The minimum Gasteiger partial charge on any atom is -0.543 e. The van der Waals surface area contributed by atoms with Gasteiger partial charge in [-0.1, -0.05) is 12.6 Å². The molecule has 0 saturated heterocycles. The Bertz CT molecular complexity index is 187. The topological polar surface area (TPSA) is 69.6 Å². The van der Waals surface area contributed by atoms with Crippen LogP contribution in [-0.4, -0.2) is 23.3 Å². The van der Waals surface area contributed by atoms with E-state index in [1.165, 1.54) is 0 Å². The summed E-state index contributed by atoms with van der Waals surface area (Å²) in [6.07, 6.45) is 0. The Morgan fingerprint density at radius 1 is 1.60 bits per heavy atom. The van der Waals surface area contributed by atoms with Crippen LogP contribution in [0.25, 0.3) is 0 Å². The molecule has 0 aromatic heterocycles. The van der Waals surface area contributed by atoms with Gasteiger partial charge in [0.05, 0.1) is 11.7 Å². The molecular weight excluding hydrogens is 154 g/mol. The number of carbonyl (C=O) groups is 2. The number of carboxylic acids is 1. The zero-order chi connectivity index (χ0) is 8.15. The minimum absolute atomic E-state index is 0.246. The van der Waals surface area contributed by atoms with Gasteiger partial charge in [0.25, 0.3) is 0 Å². The molecule has 10 heavy (non-hydrogen) atoms. The van der Waals surface area contributed by atoms with Crippen molar-refractivity contribution in [3.63, 3.8) is 0 Å². The standard InChI is InChI=1S/C5H4NO3S/c1-3(7)6-4(2-10)5(8)9/h1-2H2. The Kier molecular flexibility index (Phi) is 3.56. The van der Waals surface area contributed by atoms with Gasteiger partial charge in [-0.2, -0.15) is 4.99 Å². The van der Waals surface area contributed by atoms with Gasteiger partial charge in [0.1, 0.15) is 0 Å². The smallest absolute Gasteiger partial charge is 0.425 e. The molecule has 0 saturated carbocycles. The van der Waals surface area contributed by atoms with Crippen LogP contribution in [0.4, 0.5) is 0 Å². The molecule has 0 heterocycles. The fourth-order valence-electron chi connectivity index (χ4n) is 0.287. The van der Waals surface area contributed by atoms with E-state index in [-0.39, 0.29) is 5.75 Å². The molecule has 0 bridgehead atoms. The molecule has 0 atom stereocenters. The second kappa shape index (κ2) is 3.94. The van der Waals surface area contributed by atoms with E-state index in [0.717, 1.165) is 0 Å². The highest BCUT2D eigenvalue weighted by Crippen LogP contribution is 1.83. The summed E-state index contributed by atoms with van der Waals surface area (Å²) in [4.78, 5) is 23.1. The van der Waals surface area contributed by atoms with Crippen LogP contribution in [0.15, 0.2) is 4.99 Å². The molecule has 0 aromatic carbocycles. The summed E-state index contributed by atoms with van der Waals surface area (Å²) in [6.45, 7) is 2.84. The zero-order valence-corrected chi connectivity index (χ0v) is 5.81. The maximum absolute atomic E-state index is 10.1. The number of hydrogen-bond acceptors (Lipinski definition) is 3. The van der Waals surface area contributed by atoms with E-state index in [2.05, 4.69) is 24.5 Å². The monoisotopic (exact) mass is 158 g/mol. The van der Waals surface area contributed by atoms with E-state index in [0.29, 0.717) is 0 Å². The average Bonchev–Trinajstić information content (AvgIpc) is 1.81. The molecule has 0 aliphatic carbocycles. The Balaban J connectivity index is 4.34. The van der Waals surface area contributed by atoms with Crippen LogP contribution in [0, 0.1) is 6.92 Å². The van der Waals surface area contributed by atoms with Crippen molar-refractivity contribution >= 4 is 30.2 Å². The summed E-state index contributed by atoms with van der Waals surface area (Å²) in [6, 6.07) is 0. The third-order valence-electron chi connectivity index (χ3n) is 0.632. The summed E-state index contributed by atoms with van der Waals surface area (Å²) in [5.74, 6) is -2.60. The van der Waals surface area contributed by atoms with Crippen molar-refractivity contribution in [1.82, 2.24) is 0 Å². The number of carboxylic acid groups (broad SMARTS) is 1. The Morgan fingerprint density at radius 2 is 2.10 bits per heavy atom. The molecule has 0 aromatic rings.